The highest BCUT2D eigenvalue weighted by molar-refractivity contribution is 6.00. The average molecular weight is 569 g/mol. The van der Waals surface area contributed by atoms with Gasteiger partial charge in [0.1, 0.15) is 23.0 Å². The van der Waals surface area contributed by atoms with Crippen LogP contribution in [0.15, 0.2) is 36.4 Å². The van der Waals surface area contributed by atoms with E-state index in [-0.39, 0.29) is 0 Å². The van der Waals surface area contributed by atoms with Crippen LogP contribution in [0.5, 0.6) is 23.0 Å². The molecule has 0 N–H and O–H groups in total. The molecular formula is C38H48O4. The number of hydrogen-bond acceptors (Lipinski definition) is 4. The fourth-order valence-corrected chi connectivity index (χ4v) is 6.04. The largest absolute Gasteiger partial charge is 0.492 e. The number of hydrogen-bond donors (Lipinski definition) is 0. The summed E-state index contributed by atoms with van der Waals surface area (Å²) in [7, 11) is 0. The van der Waals surface area contributed by atoms with Gasteiger partial charge in [-0.2, -0.15) is 0 Å². The van der Waals surface area contributed by atoms with E-state index in [9.17, 15) is 0 Å². The lowest BCUT2D eigenvalue weighted by molar-refractivity contribution is 0.294. The lowest BCUT2D eigenvalue weighted by Crippen LogP contribution is -2.11. The van der Waals surface area contributed by atoms with Gasteiger partial charge in [0, 0.05) is 42.4 Å². The highest BCUT2D eigenvalue weighted by Gasteiger charge is 2.27. The van der Waals surface area contributed by atoms with Gasteiger partial charge in [-0.3, -0.25) is 0 Å². The first-order chi connectivity index (χ1) is 20.6. The molecule has 4 heteroatoms. The Balaban J connectivity index is 1.99. The SMILES string of the molecule is CCCCOc1c2c(c(OCCCC)c3c(C)cccc13)=c1c(OCCCC)c3c(C)cccc3c(OCCCC)c1=2. The Morgan fingerprint density at radius 3 is 1.07 bits per heavy atom. The first-order valence-corrected chi connectivity index (χ1v) is 16.3. The van der Waals surface area contributed by atoms with Gasteiger partial charge in [-0.1, -0.05) is 89.8 Å². The van der Waals surface area contributed by atoms with Gasteiger partial charge >= 0.3 is 0 Å². The van der Waals surface area contributed by atoms with E-state index in [0.29, 0.717) is 26.4 Å². The van der Waals surface area contributed by atoms with Gasteiger partial charge in [-0.15, -0.1) is 0 Å². The third-order valence-corrected chi connectivity index (χ3v) is 8.37. The Morgan fingerprint density at radius 2 is 0.738 bits per heavy atom. The Morgan fingerprint density at radius 1 is 0.429 bits per heavy atom. The standard InChI is InChI=1S/C38H48O4/c1-7-11-21-39-35-27-19-15-17-25(5)29(27)37(41-23-13-9-3)33-31(35)32-34(33)38(42-24-14-10-4)30-26(6)18-16-20-28(30)36(32)40-22-12-8-2/h15-20H,7-14,21-24H2,1-6H3. The van der Waals surface area contributed by atoms with Gasteiger partial charge in [0.2, 0.25) is 0 Å². The van der Waals surface area contributed by atoms with Crippen molar-refractivity contribution in [2.75, 3.05) is 26.4 Å². The van der Waals surface area contributed by atoms with Gasteiger partial charge in [0.15, 0.2) is 0 Å². The quantitative estimate of drug-likeness (QED) is 0.111. The van der Waals surface area contributed by atoms with E-state index >= 15 is 0 Å². The van der Waals surface area contributed by atoms with E-state index in [0.717, 1.165) is 117 Å². The lowest BCUT2D eigenvalue weighted by Gasteiger charge is -2.25. The molecule has 0 amide bonds. The van der Waals surface area contributed by atoms with Crippen LogP contribution in [0.2, 0.25) is 0 Å². The van der Waals surface area contributed by atoms with E-state index in [2.05, 4.69) is 77.9 Å². The summed E-state index contributed by atoms with van der Waals surface area (Å²) in [5.74, 6) is 3.79. The van der Waals surface area contributed by atoms with E-state index in [1.165, 1.54) is 11.1 Å². The topological polar surface area (TPSA) is 36.9 Å². The van der Waals surface area contributed by atoms with Crippen LogP contribution in [0.4, 0.5) is 0 Å². The minimum absolute atomic E-state index is 0.677. The number of ether oxygens (including phenoxy) is 4. The molecule has 1 aliphatic rings. The molecule has 0 fully saturated rings. The molecule has 0 saturated carbocycles. The van der Waals surface area contributed by atoms with Crippen molar-refractivity contribution >= 4 is 21.5 Å². The zero-order valence-corrected chi connectivity index (χ0v) is 26.6. The van der Waals surface area contributed by atoms with Gasteiger partial charge in [0.25, 0.3) is 0 Å². The number of fused-ring (bicyclic) bond motifs is 4. The lowest BCUT2D eigenvalue weighted by atomic mass is 9.89. The Hall–Kier alpha value is -3.40. The molecule has 224 valence electrons. The zero-order valence-electron chi connectivity index (χ0n) is 26.6. The van der Waals surface area contributed by atoms with Crippen LogP contribution in [0, 0.1) is 34.7 Å². The molecule has 42 heavy (non-hydrogen) atoms. The molecule has 0 unspecified atom stereocenters. The molecule has 0 aliphatic heterocycles. The fraction of sp³-hybridized carbons (Fsp3) is 0.474. The molecule has 0 heterocycles. The molecule has 4 aromatic carbocycles. The summed E-state index contributed by atoms with van der Waals surface area (Å²) in [6.07, 6.45) is 8.35. The summed E-state index contributed by atoms with van der Waals surface area (Å²) in [5.41, 5.74) is 2.39. The van der Waals surface area contributed by atoms with Crippen LogP contribution in [-0.2, 0) is 0 Å². The number of benzene rings is 4. The van der Waals surface area contributed by atoms with Crippen LogP contribution < -0.4 is 18.9 Å². The summed E-state index contributed by atoms with van der Waals surface area (Å²) >= 11 is 0. The average Bonchev–Trinajstić information content (AvgIpc) is 2.97. The van der Waals surface area contributed by atoms with Crippen molar-refractivity contribution < 1.29 is 18.9 Å². The molecule has 0 atom stereocenters. The van der Waals surface area contributed by atoms with Crippen molar-refractivity contribution in [3.8, 4) is 23.0 Å². The molecule has 0 radical (unpaired) electrons. The molecule has 4 nitrogen and oxygen atoms in total. The Labute approximate surface area is 250 Å². The van der Waals surface area contributed by atoms with Gasteiger partial charge in [0.05, 0.1) is 26.4 Å². The normalized spacial score (nSPS) is 11.8. The van der Waals surface area contributed by atoms with Crippen LogP contribution >= 0.6 is 0 Å². The monoisotopic (exact) mass is 568 g/mol. The van der Waals surface area contributed by atoms with Crippen LogP contribution in [0.3, 0.4) is 0 Å². The molecule has 5 rings (SSSR count). The van der Waals surface area contributed by atoms with E-state index < -0.39 is 0 Å². The van der Waals surface area contributed by atoms with E-state index in [1.807, 2.05) is 0 Å². The maximum absolute atomic E-state index is 6.75. The maximum Gasteiger partial charge on any atom is 0.136 e. The second kappa shape index (κ2) is 13.7. The summed E-state index contributed by atoms with van der Waals surface area (Å²) in [4.78, 5) is 0. The number of rotatable bonds is 16. The number of aryl methyl sites for hydroxylation is 2. The summed E-state index contributed by atoms with van der Waals surface area (Å²) in [6.45, 7) is 15.9. The first-order valence-electron chi connectivity index (χ1n) is 16.3. The predicted molar refractivity (Wildman–Crippen MR) is 174 cm³/mol. The summed E-state index contributed by atoms with van der Waals surface area (Å²) in [6, 6.07) is 13.0. The predicted octanol–water partition coefficient (Wildman–Crippen LogP) is 10.2. The van der Waals surface area contributed by atoms with Crippen molar-refractivity contribution in [1.29, 1.82) is 0 Å². The molecule has 0 saturated heterocycles. The minimum Gasteiger partial charge on any atom is -0.492 e. The van der Waals surface area contributed by atoms with Crippen LogP contribution in [0.25, 0.3) is 21.5 Å². The first kappa shape index (κ1) is 30.1. The third-order valence-electron chi connectivity index (χ3n) is 8.37. The van der Waals surface area contributed by atoms with Crippen LogP contribution in [-0.4, -0.2) is 26.4 Å². The summed E-state index contributed by atoms with van der Waals surface area (Å²) < 4.78 is 26.9. The van der Waals surface area contributed by atoms with Crippen molar-refractivity contribution in [2.24, 2.45) is 0 Å². The summed E-state index contributed by atoms with van der Waals surface area (Å²) in [5, 5.41) is 8.96. The molecule has 1 aliphatic carbocycles. The minimum atomic E-state index is 0.677. The van der Waals surface area contributed by atoms with Gasteiger partial charge in [-0.05, 0) is 50.7 Å². The smallest absolute Gasteiger partial charge is 0.136 e. The van der Waals surface area contributed by atoms with E-state index in [4.69, 9.17) is 18.9 Å². The zero-order chi connectivity index (χ0) is 29.6. The number of unbranched alkanes of at least 4 members (excludes halogenated alkanes) is 4. The molecule has 0 aromatic heterocycles. The Bertz CT molecular complexity index is 1630. The highest BCUT2D eigenvalue weighted by Crippen LogP contribution is 2.48. The second-order valence-corrected chi connectivity index (χ2v) is 11.6. The molecule has 4 aromatic rings. The van der Waals surface area contributed by atoms with Crippen molar-refractivity contribution in [2.45, 2.75) is 92.9 Å². The second-order valence-electron chi connectivity index (χ2n) is 11.6. The van der Waals surface area contributed by atoms with Crippen molar-refractivity contribution in [1.82, 2.24) is 0 Å². The molecule has 0 bridgehead atoms. The molecular weight excluding hydrogens is 520 g/mol. The maximum atomic E-state index is 6.75. The van der Waals surface area contributed by atoms with Crippen LogP contribution in [0.1, 0.15) is 90.2 Å². The fourth-order valence-electron chi connectivity index (χ4n) is 6.04. The Kier molecular flexibility index (Phi) is 9.82. The van der Waals surface area contributed by atoms with Crippen molar-refractivity contribution in [3.05, 3.63) is 68.4 Å². The van der Waals surface area contributed by atoms with Gasteiger partial charge < -0.3 is 18.9 Å². The third kappa shape index (κ3) is 5.41. The van der Waals surface area contributed by atoms with E-state index in [1.54, 1.807) is 0 Å². The van der Waals surface area contributed by atoms with Gasteiger partial charge in [-0.25, -0.2) is 0 Å². The van der Waals surface area contributed by atoms with Crippen molar-refractivity contribution in [3.63, 3.8) is 0 Å². The highest BCUT2D eigenvalue weighted by atomic mass is 16.5. The molecule has 0 spiro atoms.